The fourth-order valence-corrected chi connectivity index (χ4v) is 2.47. The van der Waals surface area contributed by atoms with E-state index in [-0.39, 0.29) is 0 Å². The van der Waals surface area contributed by atoms with Gasteiger partial charge in [-0.1, -0.05) is 15.9 Å². The van der Waals surface area contributed by atoms with Crippen molar-refractivity contribution in [2.24, 2.45) is 0 Å². The second kappa shape index (κ2) is 5.97. The van der Waals surface area contributed by atoms with Gasteiger partial charge in [0.25, 0.3) is 0 Å². The Balaban J connectivity index is 1.67. The van der Waals surface area contributed by atoms with Crippen molar-refractivity contribution < 1.29 is 4.74 Å². The molecule has 1 aliphatic carbocycles. The molecule has 1 aromatic heterocycles. The van der Waals surface area contributed by atoms with Gasteiger partial charge in [-0.2, -0.15) is 5.10 Å². The number of rotatable bonds is 6. The van der Waals surface area contributed by atoms with Crippen molar-refractivity contribution in [3.8, 4) is 5.75 Å². The Hall–Kier alpha value is -1.33. The highest BCUT2D eigenvalue weighted by atomic mass is 79.9. The molecule has 0 saturated heterocycles. The van der Waals surface area contributed by atoms with Gasteiger partial charge in [-0.05, 0) is 42.7 Å². The van der Waals surface area contributed by atoms with Gasteiger partial charge < -0.3 is 10.1 Å². The van der Waals surface area contributed by atoms with Crippen LogP contribution in [-0.2, 0) is 13.1 Å². The van der Waals surface area contributed by atoms with Crippen molar-refractivity contribution in [2.45, 2.75) is 32.0 Å². The molecule has 106 valence electrons. The van der Waals surface area contributed by atoms with Crippen LogP contribution in [0.2, 0.25) is 0 Å². The molecule has 5 heteroatoms. The summed E-state index contributed by atoms with van der Waals surface area (Å²) in [6.45, 7) is 1.60. The molecule has 1 N–H and O–H groups in total. The molecule has 1 aromatic carbocycles. The van der Waals surface area contributed by atoms with Crippen LogP contribution in [0, 0.1) is 0 Å². The van der Waals surface area contributed by atoms with Gasteiger partial charge in [0.15, 0.2) is 0 Å². The zero-order valence-corrected chi connectivity index (χ0v) is 13.1. The van der Waals surface area contributed by atoms with E-state index in [0.717, 1.165) is 34.6 Å². The molecule has 0 unspecified atom stereocenters. The number of methoxy groups -OCH3 is 1. The number of hydrogen-bond donors (Lipinski definition) is 1. The van der Waals surface area contributed by atoms with Crippen LogP contribution in [0.25, 0.3) is 0 Å². The van der Waals surface area contributed by atoms with Gasteiger partial charge in [0.05, 0.1) is 19.3 Å². The number of aromatic nitrogens is 2. The third-order valence-electron chi connectivity index (χ3n) is 3.43. The Morgan fingerprint density at radius 2 is 2.25 bits per heavy atom. The summed E-state index contributed by atoms with van der Waals surface area (Å²) in [5, 5.41) is 8.07. The zero-order chi connectivity index (χ0) is 13.9. The summed E-state index contributed by atoms with van der Waals surface area (Å²) in [6.07, 6.45) is 4.63. The van der Waals surface area contributed by atoms with Gasteiger partial charge in [-0.25, -0.2) is 0 Å². The van der Waals surface area contributed by atoms with Gasteiger partial charge in [0.2, 0.25) is 0 Å². The molecule has 0 atom stereocenters. The minimum Gasteiger partial charge on any atom is -0.497 e. The van der Waals surface area contributed by atoms with Gasteiger partial charge in [0, 0.05) is 23.3 Å². The highest BCUT2D eigenvalue weighted by molar-refractivity contribution is 9.10. The second-order valence-electron chi connectivity index (χ2n) is 5.12. The van der Waals surface area contributed by atoms with E-state index in [2.05, 4.69) is 32.4 Å². The minimum atomic E-state index is 0.715. The van der Waals surface area contributed by atoms with E-state index in [1.807, 2.05) is 29.1 Å². The lowest BCUT2D eigenvalue weighted by atomic mass is 10.2. The topological polar surface area (TPSA) is 39.1 Å². The molecule has 20 heavy (non-hydrogen) atoms. The van der Waals surface area contributed by atoms with E-state index in [9.17, 15) is 0 Å². The Labute approximate surface area is 127 Å². The van der Waals surface area contributed by atoms with Crippen molar-refractivity contribution in [3.63, 3.8) is 0 Å². The van der Waals surface area contributed by atoms with Crippen molar-refractivity contribution >= 4 is 15.9 Å². The molecule has 1 heterocycles. The number of nitrogens with one attached hydrogen (secondary N) is 1. The van der Waals surface area contributed by atoms with Crippen molar-refractivity contribution in [2.75, 3.05) is 7.11 Å². The maximum atomic E-state index is 5.26. The van der Waals surface area contributed by atoms with Gasteiger partial charge in [0.1, 0.15) is 5.75 Å². The minimum absolute atomic E-state index is 0.715. The fourth-order valence-electron chi connectivity index (χ4n) is 2.10. The van der Waals surface area contributed by atoms with E-state index in [1.54, 1.807) is 7.11 Å². The molecule has 3 rings (SSSR count). The quantitative estimate of drug-likeness (QED) is 0.882. The monoisotopic (exact) mass is 335 g/mol. The molecule has 0 spiro atoms. The number of halogens is 1. The molecule has 2 aromatic rings. The summed E-state index contributed by atoms with van der Waals surface area (Å²) in [5.41, 5.74) is 2.25. The van der Waals surface area contributed by atoms with Gasteiger partial charge in [-0.15, -0.1) is 0 Å². The predicted molar refractivity (Wildman–Crippen MR) is 81.9 cm³/mol. The highest BCUT2D eigenvalue weighted by Gasteiger charge is 2.20. The third-order valence-corrected chi connectivity index (χ3v) is 4.20. The highest BCUT2D eigenvalue weighted by Crippen LogP contribution is 2.23. The zero-order valence-electron chi connectivity index (χ0n) is 11.5. The number of benzene rings is 1. The fraction of sp³-hybridized carbons (Fsp3) is 0.400. The summed E-state index contributed by atoms with van der Waals surface area (Å²) in [4.78, 5) is 0. The van der Waals surface area contributed by atoms with E-state index in [1.165, 1.54) is 12.8 Å². The maximum Gasteiger partial charge on any atom is 0.119 e. The van der Waals surface area contributed by atoms with Crippen LogP contribution in [-0.4, -0.2) is 22.9 Å². The van der Waals surface area contributed by atoms with E-state index in [4.69, 9.17) is 4.74 Å². The third kappa shape index (κ3) is 3.41. The Morgan fingerprint density at radius 3 is 3.00 bits per heavy atom. The number of hydrogen-bond acceptors (Lipinski definition) is 3. The molecule has 1 aliphatic rings. The van der Waals surface area contributed by atoms with Crippen LogP contribution < -0.4 is 10.1 Å². The number of ether oxygens (including phenoxy) is 1. The molecule has 0 radical (unpaired) electrons. The first-order valence-corrected chi connectivity index (χ1v) is 7.62. The molecular formula is C15H18BrN3O. The van der Waals surface area contributed by atoms with Crippen molar-refractivity contribution in [1.29, 1.82) is 0 Å². The lowest BCUT2D eigenvalue weighted by Crippen LogP contribution is -2.16. The summed E-state index contributed by atoms with van der Waals surface area (Å²) < 4.78 is 8.30. The molecular weight excluding hydrogens is 318 g/mol. The van der Waals surface area contributed by atoms with E-state index >= 15 is 0 Å². The van der Waals surface area contributed by atoms with Crippen LogP contribution in [0.5, 0.6) is 5.75 Å². The first-order chi connectivity index (χ1) is 9.74. The Morgan fingerprint density at radius 1 is 1.40 bits per heavy atom. The smallest absolute Gasteiger partial charge is 0.119 e. The summed E-state index contributed by atoms with van der Waals surface area (Å²) in [5.74, 6) is 0.867. The predicted octanol–water partition coefficient (Wildman–Crippen LogP) is 2.95. The second-order valence-corrected chi connectivity index (χ2v) is 5.97. The normalized spacial score (nSPS) is 14.5. The van der Waals surface area contributed by atoms with Gasteiger partial charge >= 0.3 is 0 Å². The van der Waals surface area contributed by atoms with Crippen molar-refractivity contribution in [1.82, 2.24) is 15.1 Å². The molecule has 0 aliphatic heterocycles. The van der Waals surface area contributed by atoms with Crippen molar-refractivity contribution in [3.05, 3.63) is 46.2 Å². The van der Waals surface area contributed by atoms with Crippen LogP contribution >= 0.6 is 15.9 Å². The largest absolute Gasteiger partial charge is 0.497 e. The summed E-state index contributed by atoms with van der Waals surface area (Å²) in [7, 11) is 1.68. The standard InChI is InChI=1S/C15H18BrN3O/c1-20-14-4-5-15(16)11(8-14)10-19-7-6-13(18-19)9-17-12-2-3-12/h4-8,12,17H,2-3,9-10H2,1H3. The number of nitrogens with zero attached hydrogens (tertiary/aromatic N) is 2. The first kappa shape index (κ1) is 13.6. The Bertz CT molecular complexity index is 593. The molecule has 1 fully saturated rings. The molecule has 0 amide bonds. The first-order valence-electron chi connectivity index (χ1n) is 6.83. The lowest BCUT2D eigenvalue weighted by Gasteiger charge is -2.07. The summed E-state index contributed by atoms with van der Waals surface area (Å²) >= 11 is 3.57. The van der Waals surface area contributed by atoms with Gasteiger partial charge in [-0.3, -0.25) is 4.68 Å². The molecule has 4 nitrogen and oxygen atoms in total. The van der Waals surface area contributed by atoms with Crippen LogP contribution in [0.3, 0.4) is 0 Å². The van der Waals surface area contributed by atoms with E-state index < -0.39 is 0 Å². The average molecular weight is 336 g/mol. The summed E-state index contributed by atoms with van der Waals surface area (Å²) in [6, 6.07) is 8.78. The van der Waals surface area contributed by atoms with Crippen LogP contribution in [0.4, 0.5) is 0 Å². The van der Waals surface area contributed by atoms with E-state index in [0.29, 0.717) is 6.04 Å². The molecule has 1 saturated carbocycles. The maximum absolute atomic E-state index is 5.26. The Kier molecular flexibility index (Phi) is 4.08. The molecule has 0 bridgehead atoms. The van der Waals surface area contributed by atoms with Crippen LogP contribution in [0.1, 0.15) is 24.1 Å². The van der Waals surface area contributed by atoms with Crippen LogP contribution in [0.15, 0.2) is 34.9 Å². The lowest BCUT2D eigenvalue weighted by molar-refractivity contribution is 0.414. The SMILES string of the molecule is COc1ccc(Br)c(Cn2ccc(CNC3CC3)n2)c1. The average Bonchev–Trinajstić information content (AvgIpc) is 3.19.